The van der Waals surface area contributed by atoms with Gasteiger partial charge >= 0.3 is 0 Å². The zero-order chi connectivity index (χ0) is 29.5. The summed E-state index contributed by atoms with van der Waals surface area (Å²) in [5.74, 6) is 0.948. The molecule has 3 aromatic rings. The number of nitrogens with zero attached hydrogens (tertiary/aromatic N) is 5. The maximum atomic E-state index is 12.4. The molecule has 0 saturated carbocycles. The molecule has 0 bridgehead atoms. The number of rotatable bonds is 11. The van der Waals surface area contributed by atoms with Gasteiger partial charge in [0.25, 0.3) is 0 Å². The minimum atomic E-state index is -0.281. The largest absolute Gasteiger partial charge is 0.494 e. The molecule has 1 aliphatic rings. The van der Waals surface area contributed by atoms with E-state index in [1.165, 1.54) is 12.4 Å². The lowest BCUT2D eigenvalue weighted by molar-refractivity contribution is -0.111. The SMILES string of the molecule is C=CC(=O)Nc1cc(Nc2cc(-c3ccc(N(C)CC)c(C=C)c3)ncn2)c(OC)cc1N(C)C1CCCN(C)C1. The van der Waals surface area contributed by atoms with Gasteiger partial charge in [0.05, 0.1) is 29.9 Å². The second kappa shape index (κ2) is 13.3. The minimum absolute atomic E-state index is 0.281. The van der Waals surface area contributed by atoms with Crippen molar-refractivity contribution in [1.29, 1.82) is 0 Å². The maximum Gasteiger partial charge on any atom is 0.247 e. The molecule has 1 saturated heterocycles. The lowest BCUT2D eigenvalue weighted by Crippen LogP contribution is -2.45. The van der Waals surface area contributed by atoms with Gasteiger partial charge in [0, 0.05) is 56.6 Å². The first-order chi connectivity index (χ1) is 19.8. The molecule has 2 N–H and O–H groups in total. The number of aromatic nitrogens is 2. The van der Waals surface area contributed by atoms with Gasteiger partial charge in [0.1, 0.15) is 17.9 Å². The first kappa shape index (κ1) is 29.6. The highest BCUT2D eigenvalue weighted by Gasteiger charge is 2.25. The number of likely N-dealkylation sites (tertiary alicyclic amines) is 1. The number of anilines is 5. The van der Waals surface area contributed by atoms with Gasteiger partial charge in [-0.25, -0.2) is 9.97 Å². The van der Waals surface area contributed by atoms with Gasteiger partial charge in [-0.15, -0.1) is 0 Å². The Labute approximate surface area is 243 Å². The van der Waals surface area contributed by atoms with Gasteiger partial charge in [0.15, 0.2) is 0 Å². The van der Waals surface area contributed by atoms with Crippen molar-refractivity contribution in [3.05, 3.63) is 67.5 Å². The summed E-state index contributed by atoms with van der Waals surface area (Å²) in [7, 11) is 7.90. The van der Waals surface area contributed by atoms with Crippen LogP contribution in [0.2, 0.25) is 0 Å². The molecule has 1 aromatic heterocycles. The summed E-state index contributed by atoms with van der Waals surface area (Å²) in [6.07, 6.45) is 6.86. The lowest BCUT2D eigenvalue weighted by atomic mass is 10.0. The number of hydrogen-bond acceptors (Lipinski definition) is 8. The van der Waals surface area contributed by atoms with Crippen LogP contribution in [0.25, 0.3) is 17.3 Å². The number of benzene rings is 2. The Morgan fingerprint density at radius 1 is 1.15 bits per heavy atom. The topological polar surface area (TPSA) is 85.9 Å². The molecule has 216 valence electrons. The van der Waals surface area contributed by atoms with Gasteiger partial charge in [-0.3, -0.25) is 4.79 Å². The van der Waals surface area contributed by atoms with Crippen molar-refractivity contribution in [2.75, 3.05) is 68.3 Å². The van der Waals surface area contributed by atoms with Crippen molar-refractivity contribution in [2.45, 2.75) is 25.8 Å². The van der Waals surface area contributed by atoms with Crippen LogP contribution in [0, 0.1) is 0 Å². The average Bonchev–Trinajstić information content (AvgIpc) is 3.00. The molecule has 41 heavy (non-hydrogen) atoms. The van der Waals surface area contributed by atoms with E-state index in [0.717, 1.165) is 60.7 Å². The third-order valence-corrected chi connectivity index (χ3v) is 7.65. The first-order valence-electron chi connectivity index (χ1n) is 13.9. The van der Waals surface area contributed by atoms with Crippen LogP contribution in [-0.2, 0) is 4.79 Å². The molecule has 9 heteroatoms. The summed E-state index contributed by atoms with van der Waals surface area (Å²) in [6, 6.07) is 12.3. The van der Waals surface area contributed by atoms with Crippen LogP contribution in [0.1, 0.15) is 25.3 Å². The van der Waals surface area contributed by atoms with Crippen LogP contribution in [0.3, 0.4) is 0 Å². The quantitative estimate of drug-likeness (QED) is 0.294. The van der Waals surface area contributed by atoms with Crippen molar-refractivity contribution in [3.8, 4) is 17.0 Å². The number of ether oxygens (including phenoxy) is 1. The van der Waals surface area contributed by atoms with Crippen molar-refractivity contribution >= 4 is 40.6 Å². The van der Waals surface area contributed by atoms with E-state index in [2.05, 4.69) is 94.7 Å². The third-order valence-electron chi connectivity index (χ3n) is 7.65. The molecule has 0 aliphatic carbocycles. The van der Waals surface area contributed by atoms with Gasteiger partial charge in [-0.05, 0) is 63.2 Å². The number of amides is 1. The molecule has 1 fully saturated rings. The molecule has 0 spiro atoms. The van der Waals surface area contributed by atoms with Gasteiger partial charge in [-0.1, -0.05) is 25.3 Å². The number of piperidine rings is 1. The molecule has 1 unspecified atom stereocenters. The maximum absolute atomic E-state index is 12.4. The predicted molar refractivity (Wildman–Crippen MR) is 171 cm³/mol. The molecule has 2 heterocycles. The van der Waals surface area contributed by atoms with E-state index in [9.17, 15) is 4.79 Å². The average molecular weight is 556 g/mol. The van der Waals surface area contributed by atoms with Crippen LogP contribution < -0.4 is 25.2 Å². The Hall–Kier alpha value is -4.37. The van der Waals surface area contributed by atoms with Crippen molar-refractivity contribution in [1.82, 2.24) is 14.9 Å². The number of carbonyl (C=O) groups excluding carboxylic acids is 1. The van der Waals surface area contributed by atoms with E-state index in [0.29, 0.717) is 29.0 Å². The van der Waals surface area contributed by atoms with Gasteiger partial charge < -0.3 is 30.1 Å². The van der Waals surface area contributed by atoms with Crippen LogP contribution >= 0.6 is 0 Å². The van der Waals surface area contributed by atoms with Crippen molar-refractivity contribution < 1.29 is 9.53 Å². The Balaban J connectivity index is 1.68. The van der Waals surface area contributed by atoms with E-state index < -0.39 is 0 Å². The van der Waals surface area contributed by atoms with E-state index in [-0.39, 0.29) is 5.91 Å². The normalized spacial score (nSPS) is 15.1. The number of carbonyl (C=O) groups is 1. The molecule has 0 radical (unpaired) electrons. The highest BCUT2D eigenvalue weighted by Crippen LogP contribution is 2.39. The second-order valence-corrected chi connectivity index (χ2v) is 10.3. The molecule has 1 atom stereocenters. The Kier molecular flexibility index (Phi) is 9.62. The van der Waals surface area contributed by atoms with Gasteiger partial charge in [-0.2, -0.15) is 0 Å². The van der Waals surface area contributed by atoms with Crippen LogP contribution in [0.4, 0.5) is 28.6 Å². The summed E-state index contributed by atoms with van der Waals surface area (Å²) in [6.45, 7) is 12.7. The summed E-state index contributed by atoms with van der Waals surface area (Å²) in [5.41, 5.74) is 6.08. The highest BCUT2D eigenvalue weighted by atomic mass is 16.5. The van der Waals surface area contributed by atoms with Crippen LogP contribution in [0.5, 0.6) is 5.75 Å². The Morgan fingerprint density at radius 2 is 1.95 bits per heavy atom. The molecular weight excluding hydrogens is 514 g/mol. The monoisotopic (exact) mass is 555 g/mol. The van der Waals surface area contributed by atoms with E-state index in [1.807, 2.05) is 24.3 Å². The van der Waals surface area contributed by atoms with E-state index in [1.54, 1.807) is 7.11 Å². The number of methoxy groups -OCH3 is 1. The number of likely N-dealkylation sites (N-methyl/N-ethyl adjacent to an activating group) is 2. The summed E-state index contributed by atoms with van der Waals surface area (Å²) in [5, 5.41) is 6.36. The molecule has 1 amide bonds. The van der Waals surface area contributed by atoms with Crippen molar-refractivity contribution in [2.24, 2.45) is 0 Å². The highest BCUT2D eigenvalue weighted by molar-refractivity contribution is 6.02. The van der Waals surface area contributed by atoms with E-state index >= 15 is 0 Å². The van der Waals surface area contributed by atoms with Crippen LogP contribution in [0.15, 0.2) is 62.0 Å². The molecule has 9 nitrogen and oxygen atoms in total. The number of hydrogen-bond donors (Lipinski definition) is 2. The van der Waals surface area contributed by atoms with Crippen LogP contribution in [-0.4, -0.2) is 74.7 Å². The summed E-state index contributed by atoms with van der Waals surface area (Å²) in [4.78, 5) is 28.1. The van der Waals surface area contributed by atoms with Crippen molar-refractivity contribution in [3.63, 3.8) is 0 Å². The standard InChI is InChI=1S/C32H41N7O2/c1-8-22-16-23(13-14-28(22)38(5)10-3)25-18-31(34-21-33-25)35-27-17-26(36-32(40)9-2)29(19-30(27)41-7)39(6)24-12-11-15-37(4)20-24/h8-9,13-14,16-19,21,24H,1-2,10-12,15,20H2,3-7H3,(H,36,40)(H,33,34,35). The zero-order valence-electron chi connectivity index (χ0n) is 24.8. The molecular formula is C32H41N7O2. The Bertz CT molecular complexity index is 1410. The lowest BCUT2D eigenvalue weighted by Gasteiger charge is -2.38. The zero-order valence-corrected chi connectivity index (χ0v) is 24.8. The second-order valence-electron chi connectivity index (χ2n) is 10.3. The smallest absolute Gasteiger partial charge is 0.247 e. The fraction of sp³-hybridized carbons (Fsp3) is 0.344. The fourth-order valence-corrected chi connectivity index (χ4v) is 5.18. The first-order valence-corrected chi connectivity index (χ1v) is 13.9. The summed E-state index contributed by atoms with van der Waals surface area (Å²) >= 11 is 0. The Morgan fingerprint density at radius 3 is 2.63 bits per heavy atom. The van der Waals surface area contributed by atoms with E-state index in [4.69, 9.17) is 4.74 Å². The minimum Gasteiger partial charge on any atom is -0.494 e. The van der Waals surface area contributed by atoms with Gasteiger partial charge in [0.2, 0.25) is 5.91 Å². The fourth-order valence-electron chi connectivity index (χ4n) is 5.18. The number of nitrogens with one attached hydrogen (secondary N) is 2. The molecule has 4 rings (SSSR count). The summed E-state index contributed by atoms with van der Waals surface area (Å²) < 4.78 is 5.80. The third kappa shape index (κ3) is 6.86. The molecule has 2 aromatic carbocycles. The molecule has 1 aliphatic heterocycles. The predicted octanol–water partition coefficient (Wildman–Crippen LogP) is 5.65.